The highest BCUT2D eigenvalue weighted by atomic mass is 32.1. The fraction of sp³-hybridized carbons (Fsp3) is 0.0769. The number of oxime groups is 1. The van der Waals surface area contributed by atoms with Crippen LogP contribution in [0.1, 0.15) is 11.1 Å². The van der Waals surface area contributed by atoms with Gasteiger partial charge >= 0.3 is 0 Å². The van der Waals surface area contributed by atoms with E-state index in [-0.39, 0.29) is 29.4 Å². The van der Waals surface area contributed by atoms with Gasteiger partial charge in [-0.05, 0) is 40.6 Å². The second-order valence-electron chi connectivity index (χ2n) is 4.04. The molecule has 1 amide bonds. The van der Waals surface area contributed by atoms with Crippen molar-refractivity contribution >= 4 is 28.8 Å². The lowest BCUT2D eigenvalue weighted by atomic mass is 10.1. The van der Waals surface area contributed by atoms with Gasteiger partial charge in [0.05, 0.1) is 12.1 Å². The summed E-state index contributed by atoms with van der Waals surface area (Å²) in [6, 6.07) is 5.75. The molecule has 2 aromatic rings. The Bertz CT molecular complexity index is 641. The van der Waals surface area contributed by atoms with Gasteiger partial charge < -0.3 is 16.3 Å². The molecule has 1 aromatic heterocycles. The third-order valence-corrected chi connectivity index (χ3v) is 3.32. The van der Waals surface area contributed by atoms with Gasteiger partial charge in [0.15, 0.2) is 5.84 Å². The first-order chi connectivity index (χ1) is 9.60. The highest BCUT2D eigenvalue weighted by Crippen LogP contribution is 2.16. The van der Waals surface area contributed by atoms with Crippen molar-refractivity contribution in [1.29, 1.82) is 0 Å². The van der Waals surface area contributed by atoms with Crippen LogP contribution in [-0.4, -0.2) is 17.0 Å². The summed E-state index contributed by atoms with van der Waals surface area (Å²) < 4.78 is 13.8. The Morgan fingerprint density at radius 3 is 2.85 bits per heavy atom. The Balaban J connectivity index is 2.08. The largest absolute Gasteiger partial charge is 0.409 e. The van der Waals surface area contributed by atoms with Crippen LogP contribution < -0.4 is 11.1 Å². The van der Waals surface area contributed by atoms with E-state index in [4.69, 9.17) is 10.9 Å². The van der Waals surface area contributed by atoms with Crippen LogP contribution in [0.3, 0.4) is 0 Å². The molecule has 1 aromatic carbocycles. The van der Waals surface area contributed by atoms with Crippen LogP contribution in [0.25, 0.3) is 0 Å². The van der Waals surface area contributed by atoms with Gasteiger partial charge in [0, 0.05) is 5.56 Å². The van der Waals surface area contributed by atoms with E-state index in [1.165, 1.54) is 23.5 Å². The quantitative estimate of drug-likeness (QED) is 0.349. The number of carbonyl (C=O) groups is 1. The molecule has 20 heavy (non-hydrogen) atoms. The first kappa shape index (κ1) is 14.0. The van der Waals surface area contributed by atoms with E-state index in [1.807, 2.05) is 16.8 Å². The van der Waals surface area contributed by atoms with E-state index in [9.17, 15) is 9.18 Å². The van der Waals surface area contributed by atoms with Crippen molar-refractivity contribution in [2.75, 3.05) is 5.32 Å². The minimum atomic E-state index is -0.646. The summed E-state index contributed by atoms with van der Waals surface area (Å²) in [5, 5.41) is 17.5. The summed E-state index contributed by atoms with van der Waals surface area (Å²) in [5.41, 5.74) is 6.52. The van der Waals surface area contributed by atoms with Crippen molar-refractivity contribution in [3.05, 3.63) is 52.0 Å². The smallest absolute Gasteiger partial charge is 0.228 e. The zero-order valence-electron chi connectivity index (χ0n) is 10.3. The van der Waals surface area contributed by atoms with E-state index in [0.29, 0.717) is 0 Å². The Hall–Kier alpha value is -2.41. The minimum absolute atomic E-state index is 0.0553. The first-order valence-electron chi connectivity index (χ1n) is 5.68. The van der Waals surface area contributed by atoms with Crippen molar-refractivity contribution in [2.45, 2.75) is 6.42 Å². The van der Waals surface area contributed by atoms with Crippen molar-refractivity contribution < 1.29 is 14.4 Å². The van der Waals surface area contributed by atoms with Crippen molar-refractivity contribution in [3.63, 3.8) is 0 Å². The normalized spacial score (nSPS) is 11.3. The van der Waals surface area contributed by atoms with E-state index in [1.54, 1.807) is 0 Å². The molecule has 0 saturated carbocycles. The molecule has 0 bridgehead atoms. The predicted octanol–water partition coefficient (Wildman–Crippen LogP) is 2.16. The number of nitrogens with zero attached hydrogens (tertiary/aromatic N) is 1. The average Bonchev–Trinajstić information content (AvgIpc) is 2.93. The Kier molecular flexibility index (Phi) is 4.31. The van der Waals surface area contributed by atoms with Crippen LogP contribution in [0.4, 0.5) is 10.1 Å². The van der Waals surface area contributed by atoms with Crippen molar-refractivity contribution in [3.8, 4) is 0 Å². The van der Waals surface area contributed by atoms with E-state index in [0.717, 1.165) is 11.6 Å². The fourth-order valence-corrected chi connectivity index (χ4v) is 2.28. The fourth-order valence-electron chi connectivity index (χ4n) is 1.61. The van der Waals surface area contributed by atoms with Gasteiger partial charge in [-0.15, -0.1) is 0 Å². The Morgan fingerprint density at radius 2 is 2.25 bits per heavy atom. The zero-order valence-corrected chi connectivity index (χ0v) is 11.2. The highest BCUT2D eigenvalue weighted by molar-refractivity contribution is 7.08. The van der Waals surface area contributed by atoms with E-state index < -0.39 is 5.82 Å². The number of nitrogens with one attached hydrogen (secondary N) is 1. The number of hydrogen-bond donors (Lipinski definition) is 3. The molecule has 0 unspecified atom stereocenters. The maximum Gasteiger partial charge on any atom is 0.228 e. The molecule has 0 radical (unpaired) electrons. The second-order valence-corrected chi connectivity index (χ2v) is 4.82. The standard InChI is InChI=1S/C13H12FN3O2S/c14-10-6-9(13(15)17-19)1-2-11(10)16-12(18)5-8-3-4-20-7-8/h1-4,6-7,19H,5H2,(H2,15,17)(H,16,18). The van der Waals surface area contributed by atoms with Crippen molar-refractivity contribution in [2.24, 2.45) is 10.9 Å². The molecular weight excluding hydrogens is 281 g/mol. The summed E-state index contributed by atoms with van der Waals surface area (Å²) in [6.45, 7) is 0. The number of amidine groups is 1. The summed E-state index contributed by atoms with van der Waals surface area (Å²) in [4.78, 5) is 11.7. The van der Waals surface area contributed by atoms with E-state index >= 15 is 0 Å². The SMILES string of the molecule is N/C(=N/O)c1ccc(NC(=O)Cc2ccsc2)c(F)c1. The molecule has 0 saturated heterocycles. The molecule has 0 spiro atoms. The van der Waals surface area contributed by atoms with Gasteiger partial charge in [-0.25, -0.2) is 4.39 Å². The highest BCUT2D eigenvalue weighted by Gasteiger charge is 2.10. The van der Waals surface area contributed by atoms with Gasteiger partial charge in [-0.1, -0.05) is 5.16 Å². The minimum Gasteiger partial charge on any atom is -0.409 e. The monoisotopic (exact) mass is 293 g/mol. The van der Waals surface area contributed by atoms with Crippen molar-refractivity contribution in [1.82, 2.24) is 0 Å². The van der Waals surface area contributed by atoms with Crippen LogP contribution in [-0.2, 0) is 11.2 Å². The van der Waals surface area contributed by atoms with Gasteiger partial charge in [0.2, 0.25) is 5.91 Å². The first-order valence-corrected chi connectivity index (χ1v) is 6.63. The summed E-state index contributed by atoms with van der Waals surface area (Å²) in [6.07, 6.45) is 0.185. The number of thiophene rings is 1. The number of hydrogen-bond acceptors (Lipinski definition) is 4. The molecule has 0 atom stereocenters. The van der Waals surface area contributed by atoms with Crippen LogP contribution in [0, 0.1) is 5.82 Å². The maximum atomic E-state index is 13.8. The Morgan fingerprint density at radius 1 is 1.45 bits per heavy atom. The van der Waals surface area contributed by atoms with Gasteiger partial charge in [-0.3, -0.25) is 4.79 Å². The van der Waals surface area contributed by atoms with Crippen LogP contribution in [0.5, 0.6) is 0 Å². The molecule has 104 valence electrons. The number of amides is 1. The maximum absolute atomic E-state index is 13.8. The van der Waals surface area contributed by atoms with Gasteiger partial charge in [0.1, 0.15) is 5.82 Å². The molecule has 0 aliphatic carbocycles. The number of benzene rings is 1. The summed E-state index contributed by atoms with van der Waals surface area (Å²) >= 11 is 1.49. The molecule has 4 N–H and O–H groups in total. The third-order valence-electron chi connectivity index (χ3n) is 2.59. The number of carbonyl (C=O) groups excluding carboxylic acids is 1. The summed E-state index contributed by atoms with van der Waals surface area (Å²) in [5.74, 6) is -1.15. The molecule has 5 nitrogen and oxygen atoms in total. The van der Waals surface area contributed by atoms with Gasteiger partial charge in [0.25, 0.3) is 0 Å². The topological polar surface area (TPSA) is 87.7 Å². The molecule has 7 heteroatoms. The van der Waals surface area contributed by atoms with Crippen LogP contribution in [0.2, 0.25) is 0 Å². The molecular formula is C13H12FN3O2S. The lowest BCUT2D eigenvalue weighted by Gasteiger charge is -2.07. The summed E-state index contributed by atoms with van der Waals surface area (Å²) in [7, 11) is 0. The van der Waals surface area contributed by atoms with Gasteiger partial charge in [-0.2, -0.15) is 11.3 Å². The molecule has 0 aliphatic rings. The second kappa shape index (κ2) is 6.16. The van der Waals surface area contributed by atoms with Crippen LogP contribution >= 0.6 is 11.3 Å². The number of anilines is 1. The predicted molar refractivity (Wildman–Crippen MR) is 75.6 cm³/mol. The Labute approximate surface area is 118 Å². The molecule has 2 rings (SSSR count). The average molecular weight is 293 g/mol. The molecule has 0 fully saturated rings. The molecule has 1 heterocycles. The number of rotatable bonds is 4. The van der Waals surface area contributed by atoms with E-state index in [2.05, 4.69) is 10.5 Å². The molecule has 0 aliphatic heterocycles. The lowest BCUT2D eigenvalue weighted by molar-refractivity contribution is -0.115. The third kappa shape index (κ3) is 3.33. The zero-order chi connectivity index (χ0) is 14.5. The number of halogens is 1. The number of nitrogens with two attached hydrogens (primary N) is 1. The lowest BCUT2D eigenvalue weighted by Crippen LogP contribution is -2.16. The van der Waals surface area contributed by atoms with Crippen LogP contribution in [0.15, 0.2) is 40.2 Å².